The number of fused-ring (bicyclic) bond motifs is 1. The van der Waals surface area contributed by atoms with Crippen LogP contribution in [0.3, 0.4) is 0 Å². The summed E-state index contributed by atoms with van der Waals surface area (Å²) in [6, 6.07) is 11.5. The second kappa shape index (κ2) is 8.66. The van der Waals surface area contributed by atoms with Crippen molar-refractivity contribution in [3.05, 3.63) is 77.0 Å². The molecule has 4 aromatic rings. The number of hydrogen-bond donors (Lipinski definition) is 3. The number of nitrogens with zero attached hydrogens (tertiary/aromatic N) is 2. The zero-order valence-corrected chi connectivity index (χ0v) is 18.3. The van der Waals surface area contributed by atoms with Crippen LogP contribution in [0, 0.1) is 11.2 Å². The average molecular weight is 466 g/mol. The zero-order valence-electron chi connectivity index (χ0n) is 18.3. The number of nitrogen functional groups attached to an aromatic ring is 1. The van der Waals surface area contributed by atoms with E-state index < -0.39 is 29.6 Å². The van der Waals surface area contributed by atoms with Gasteiger partial charge >= 0.3 is 5.97 Å². The second-order valence-electron chi connectivity index (χ2n) is 8.10. The molecule has 0 bridgehead atoms. The monoisotopic (exact) mass is 466 g/mol. The number of nitrogens with one attached hydrogen (secondary N) is 1. The summed E-state index contributed by atoms with van der Waals surface area (Å²) in [5.74, 6) is -2.03. The third-order valence-electron chi connectivity index (χ3n) is 5.62. The van der Waals surface area contributed by atoms with Crippen LogP contribution >= 0.6 is 0 Å². The molecule has 0 amide bonds. The summed E-state index contributed by atoms with van der Waals surface area (Å²) in [7, 11) is 0. The first-order valence-corrected chi connectivity index (χ1v) is 10.4. The molecule has 0 radical (unpaired) electrons. The van der Waals surface area contributed by atoms with Gasteiger partial charge in [-0.25, -0.2) is 22.9 Å². The van der Waals surface area contributed by atoms with E-state index in [4.69, 9.17) is 11.1 Å². The van der Waals surface area contributed by atoms with Gasteiger partial charge in [0.25, 0.3) is 6.43 Å². The van der Waals surface area contributed by atoms with Crippen LogP contribution in [0.1, 0.15) is 53.6 Å². The number of carboxylic acid groups (broad SMARTS) is 1. The normalized spacial score (nSPS) is 11.5. The van der Waals surface area contributed by atoms with E-state index in [0.717, 1.165) is 6.21 Å². The van der Waals surface area contributed by atoms with Gasteiger partial charge in [0.15, 0.2) is 0 Å². The number of benzene rings is 2. The maximum absolute atomic E-state index is 14.1. The number of aromatic carboxylic acids is 1. The molecule has 4 N–H and O–H groups in total. The number of pyridine rings is 1. The van der Waals surface area contributed by atoms with Gasteiger partial charge in [-0.3, -0.25) is 0 Å². The van der Waals surface area contributed by atoms with Gasteiger partial charge in [0.2, 0.25) is 0 Å². The molecule has 0 saturated heterocycles. The average Bonchev–Trinajstić information content (AvgIpc) is 3.12. The minimum atomic E-state index is -3.03. The van der Waals surface area contributed by atoms with Gasteiger partial charge < -0.3 is 20.8 Å². The number of rotatable bonds is 6. The second-order valence-corrected chi connectivity index (χ2v) is 8.10. The number of carbonyl (C=O) groups is 1. The van der Waals surface area contributed by atoms with E-state index >= 15 is 0 Å². The van der Waals surface area contributed by atoms with Gasteiger partial charge in [-0.1, -0.05) is 13.8 Å². The summed E-state index contributed by atoms with van der Waals surface area (Å²) < 4.78 is 43.7. The lowest BCUT2D eigenvalue weighted by Crippen LogP contribution is -2.07. The number of aromatic nitrogens is 2. The van der Waals surface area contributed by atoms with E-state index in [2.05, 4.69) is 4.98 Å². The number of alkyl halides is 2. The number of nitrogens with two attached hydrogens (primary N) is 1. The topological polar surface area (TPSA) is 105 Å². The van der Waals surface area contributed by atoms with E-state index in [1.165, 1.54) is 24.3 Å². The fourth-order valence-corrected chi connectivity index (χ4v) is 4.18. The lowest BCUT2D eigenvalue weighted by molar-refractivity contribution is 0.0689. The van der Waals surface area contributed by atoms with E-state index in [1.807, 2.05) is 18.4 Å². The Morgan fingerprint density at radius 1 is 1.15 bits per heavy atom. The quantitative estimate of drug-likeness (QED) is 0.233. The Morgan fingerprint density at radius 2 is 1.82 bits per heavy atom. The Hall–Kier alpha value is -4.14. The van der Waals surface area contributed by atoms with Crippen LogP contribution in [0.15, 0.2) is 48.5 Å². The van der Waals surface area contributed by atoms with Gasteiger partial charge in [0, 0.05) is 45.4 Å². The van der Waals surface area contributed by atoms with Gasteiger partial charge in [-0.2, -0.15) is 0 Å². The number of halogens is 3. The molecule has 0 fully saturated rings. The third-order valence-corrected chi connectivity index (χ3v) is 5.62. The molecule has 0 aliphatic carbocycles. The number of carboxylic acids is 1. The van der Waals surface area contributed by atoms with Crippen LogP contribution in [0.5, 0.6) is 0 Å². The van der Waals surface area contributed by atoms with Crippen molar-refractivity contribution in [3.8, 4) is 16.8 Å². The van der Waals surface area contributed by atoms with Crippen molar-refractivity contribution in [2.24, 2.45) is 0 Å². The Labute approximate surface area is 193 Å². The molecule has 174 valence electrons. The number of anilines is 1. The molecule has 2 aromatic carbocycles. The van der Waals surface area contributed by atoms with Crippen molar-refractivity contribution in [3.63, 3.8) is 0 Å². The summed E-state index contributed by atoms with van der Waals surface area (Å²) >= 11 is 0. The highest BCUT2D eigenvalue weighted by Crippen LogP contribution is 2.44. The largest absolute Gasteiger partial charge is 0.477 e. The molecule has 0 atom stereocenters. The minimum Gasteiger partial charge on any atom is -0.477 e. The van der Waals surface area contributed by atoms with Crippen LogP contribution in [-0.4, -0.2) is 26.8 Å². The molecular weight excluding hydrogens is 445 g/mol. The van der Waals surface area contributed by atoms with Crippen LogP contribution in [0.2, 0.25) is 0 Å². The van der Waals surface area contributed by atoms with Crippen molar-refractivity contribution < 1.29 is 23.1 Å². The van der Waals surface area contributed by atoms with E-state index in [1.54, 1.807) is 24.3 Å². The summed E-state index contributed by atoms with van der Waals surface area (Å²) in [5, 5.41) is 17.5. The van der Waals surface area contributed by atoms with Gasteiger partial charge in [-0.05, 0) is 54.4 Å². The molecule has 0 aliphatic rings. The molecule has 0 spiro atoms. The van der Waals surface area contributed by atoms with Crippen molar-refractivity contribution in [1.82, 2.24) is 9.55 Å². The maximum atomic E-state index is 14.1. The van der Waals surface area contributed by atoms with E-state index in [-0.39, 0.29) is 17.2 Å². The first-order valence-electron chi connectivity index (χ1n) is 10.4. The first-order chi connectivity index (χ1) is 16.1. The van der Waals surface area contributed by atoms with Gasteiger partial charge in [0.05, 0.1) is 5.52 Å². The SMILES string of the molecule is CC(C)c1c(-c2ccc(C(=O)O)nc2C(F)F)c2cc(N)c(C=N)cc2n1-c1ccc(F)cc1. The summed E-state index contributed by atoms with van der Waals surface area (Å²) in [6.45, 7) is 3.78. The van der Waals surface area contributed by atoms with E-state index in [9.17, 15) is 23.1 Å². The molecule has 34 heavy (non-hydrogen) atoms. The van der Waals surface area contributed by atoms with Gasteiger partial charge in [-0.15, -0.1) is 0 Å². The summed E-state index contributed by atoms with van der Waals surface area (Å²) in [4.78, 5) is 15.1. The van der Waals surface area contributed by atoms with Crippen molar-refractivity contribution in [2.75, 3.05) is 5.73 Å². The smallest absolute Gasteiger partial charge is 0.354 e. The molecule has 2 aromatic heterocycles. The molecule has 2 heterocycles. The maximum Gasteiger partial charge on any atom is 0.354 e. The standard InChI is InChI=1S/C25H21F3N4O2/c1-12(2)23-21(16-7-8-19(25(33)34)31-22(16)24(27)28)17-10-18(30)13(11-29)9-20(17)32(23)15-5-3-14(26)4-6-15/h3-12,24,29H,30H2,1-2H3,(H,33,34). The summed E-state index contributed by atoms with van der Waals surface area (Å²) in [5.41, 5.74) is 8.04. The fraction of sp³-hybridized carbons (Fsp3) is 0.160. The highest BCUT2D eigenvalue weighted by Gasteiger charge is 2.28. The summed E-state index contributed by atoms with van der Waals surface area (Å²) in [6.07, 6.45) is -1.93. The highest BCUT2D eigenvalue weighted by atomic mass is 19.3. The fourth-order valence-electron chi connectivity index (χ4n) is 4.18. The lowest BCUT2D eigenvalue weighted by Gasteiger charge is -2.17. The minimum absolute atomic E-state index is 0.0802. The van der Waals surface area contributed by atoms with Crippen molar-refractivity contribution >= 4 is 28.8 Å². The first kappa shape index (κ1) is 23.0. The van der Waals surface area contributed by atoms with Crippen LogP contribution < -0.4 is 5.73 Å². The predicted molar refractivity (Wildman–Crippen MR) is 125 cm³/mol. The Kier molecular flexibility index (Phi) is 5.87. The van der Waals surface area contributed by atoms with Gasteiger partial charge in [0.1, 0.15) is 17.2 Å². The van der Waals surface area contributed by atoms with Crippen LogP contribution in [0.4, 0.5) is 18.9 Å². The number of hydrogen-bond acceptors (Lipinski definition) is 4. The van der Waals surface area contributed by atoms with Crippen LogP contribution in [-0.2, 0) is 0 Å². The molecule has 9 heteroatoms. The molecule has 0 saturated carbocycles. The third kappa shape index (κ3) is 3.79. The van der Waals surface area contributed by atoms with E-state index in [0.29, 0.717) is 33.4 Å². The Balaban J connectivity index is 2.20. The molecule has 6 nitrogen and oxygen atoms in total. The van der Waals surface area contributed by atoms with Crippen LogP contribution in [0.25, 0.3) is 27.7 Å². The Bertz CT molecular complexity index is 1430. The van der Waals surface area contributed by atoms with Crippen molar-refractivity contribution in [2.45, 2.75) is 26.2 Å². The zero-order chi connectivity index (χ0) is 24.7. The highest BCUT2D eigenvalue weighted by molar-refractivity contribution is 6.05. The molecule has 0 aliphatic heterocycles. The van der Waals surface area contributed by atoms with Crippen molar-refractivity contribution in [1.29, 1.82) is 5.41 Å². The lowest BCUT2D eigenvalue weighted by atomic mass is 9.94. The molecule has 4 rings (SSSR count). The predicted octanol–water partition coefficient (Wildman–Crippen LogP) is 6.17. The molecular formula is C25H21F3N4O2. The molecule has 0 unspecified atom stereocenters. The Morgan fingerprint density at radius 3 is 2.38 bits per heavy atom.